The maximum Gasteiger partial charge on any atom is 0.207 e. The number of hydrogen-bond acceptors (Lipinski definition) is 4. The minimum Gasteiger partial charge on any atom is -0.360 e. The highest BCUT2D eigenvalue weighted by molar-refractivity contribution is 7.18. The molecule has 0 fully saturated rings. The molecule has 2 heterocycles. The SMILES string of the molecule is Cc1ccc(Nc2nc(-c3ccccc3)c(C(=O)c3c[nH]c4ccccc34)s2)cc1. The molecular formula is C25H19N3OS. The fourth-order valence-corrected chi connectivity index (χ4v) is 4.42. The van der Waals surface area contributed by atoms with Gasteiger partial charge in [-0.05, 0) is 25.1 Å². The lowest BCUT2D eigenvalue weighted by atomic mass is 10.0. The first-order valence-electron chi connectivity index (χ1n) is 9.70. The molecule has 0 unspecified atom stereocenters. The standard InChI is InChI=1S/C25H19N3OS/c1-16-11-13-18(14-12-16)27-25-28-22(17-7-3-2-4-8-17)24(30-25)23(29)20-15-26-21-10-6-5-9-19(20)21/h2-15,26H,1H3,(H,27,28). The maximum absolute atomic E-state index is 13.5. The number of benzene rings is 3. The van der Waals surface area contributed by atoms with Crippen LogP contribution in [0.2, 0.25) is 0 Å². The zero-order valence-corrected chi connectivity index (χ0v) is 17.2. The number of para-hydroxylation sites is 1. The Morgan fingerprint density at radius 2 is 1.67 bits per heavy atom. The lowest BCUT2D eigenvalue weighted by Gasteiger charge is -2.02. The Hall–Kier alpha value is -3.70. The Balaban J connectivity index is 1.59. The van der Waals surface area contributed by atoms with Crippen LogP contribution in [0.1, 0.15) is 20.8 Å². The van der Waals surface area contributed by atoms with Crippen LogP contribution in [0.5, 0.6) is 0 Å². The summed E-state index contributed by atoms with van der Waals surface area (Å²) in [4.78, 5) is 22.2. The second-order valence-corrected chi connectivity index (χ2v) is 8.13. The number of hydrogen-bond donors (Lipinski definition) is 2. The normalized spacial score (nSPS) is 11.0. The summed E-state index contributed by atoms with van der Waals surface area (Å²) in [5.74, 6) is -0.0271. The Morgan fingerprint density at radius 1 is 0.933 bits per heavy atom. The Labute approximate surface area is 178 Å². The van der Waals surface area contributed by atoms with E-state index < -0.39 is 0 Å². The van der Waals surface area contributed by atoms with Gasteiger partial charge >= 0.3 is 0 Å². The van der Waals surface area contributed by atoms with Crippen LogP contribution >= 0.6 is 11.3 Å². The minimum absolute atomic E-state index is 0.0271. The van der Waals surface area contributed by atoms with Crippen LogP contribution in [0.25, 0.3) is 22.2 Å². The van der Waals surface area contributed by atoms with Gasteiger partial charge in [0, 0.05) is 33.9 Å². The molecule has 5 rings (SSSR count). The quantitative estimate of drug-likeness (QED) is 0.323. The largest absolute Gasteiger partial charge is 0.360 e. The average molecular weight is 410 g/mol. The van der Waals surface area contributed by atoms with Gasteiger partial charge < -0.3 is 10.3 Å². The van der Waals surface area contributed by atoms with Gasteiger partial charge in [-0.25, -0.2) is 4.98 Å². The Bertz CT molecular complexity index is 1330. The van der Waals surface area contributed by atoms with Crippen LogP contribution in [-0.4, -0.2) is 15.8 Å². The molecule has 0 spiro atoms. The molecule has 5 heteroatoms. The van der Waals surface area contributed by atoms with Crippen LogP contribution in [0.3, 0.4) is 0 Å². The molecule has 0 radical (unpaired) electrons. The predicted molar refractivity (Wildman–Crippen MR) is 124 cm³/mol. The van der Waals surface area contributed by atoms with Crippen LogP contribution in [0.4, 0.5) is 10.8 Å². The van der Waals surface area contributed by atoms with Crippen molar-refractivity contribution in [1.29, 1.82) is 0 Å². The zero-order valence-electron chi connectivity index (χ0n) is 16.3. The molecular weight excluding hydrogens is 390 g/mol. The highest BCUT2D eigenvalue weighted by atomic mass is 32.1. The molecule has 0 aliphatic heterocycles. The number of thiazole rings is 1. The Kier molecular flexibility index (Phi) is 4.65. The molecule has 0 bridgehead atoms. The molecule has 0 saturated carbocycles. The number of carbonyl (C=O) groups excluding carboxylic acids is 1. The summed E-state index contributed by atoms with van der Waals surface area (Å²) in [5, 5.41) is 4.96. The molecule has 0 aliphatic carbocycles. The van der Waals surface area contributed by atoms with Crippen LogP contribution in [0.15, 0.2) is 85.1 Å². The molecule has 30 heavy (non-hydrogen) atoms. The van der Waals surface area contributed by atoms with Gasteiger partial charge in [0.25, 0.3) is 0 Å². The number of ketones is 1. The molecule has 4 nitrogen and oxygen atoms in total. The van der Waals surface area contributed by atoms with Gasteiger partial charge in [0.05, 0.1) is 5.69 Å². The highest BCUT2D eigenvalue weighted by Gasteiger charge is 2.23. The number of carbonyl (C=O) groups is 1. The van der Waals surface area contributed by atoms with E-state index in [0.717, 1.165) is 22.2 Å². The molecule has 2 aromatic heterocycles. The molecule has 0 aliphatic rings. The summed E-state index contributed by atoms with van der Waals surface area (Å²) in [6, 6.07) is 25.8. The van der Waals surface area contributed by atoms with Gasteiger partial charge in [-0.1, -0.05) is 77.6 Å². The van der Waals surface area contributed by atoms with Crippen molar-refractivity contribution in [2.75, 3.05) is 5.32 Å². The first-order chi connectivity index (χ1) is 14.7. The minimum atomic E-state index is -0.0271. The van der Waals surface area contributed by atoms with E-state index in [4.69, 9.17) is 4.98 Å². The first kappa shape index (κ1) is 18.3. The molecule has 0 amide bonds. The Morgan fingerprint density at radius 3 is 2.47 bits per heavy atom. The van der Waals surface area contributed by atoms with Crippen molar-refractivity contribution in [1.82, 2.24) is 9.97 Å². The number of nitrogens with zero attached hydrogens (tertiary/aromatic N) is 1. The van der Waals surface area contributed by atoms with E-state index >= 15 is 0 Å². The van der Waals surface area contributed by atoms with Crippen molar-refractivity contribution in [2.45, 2.75) is 6.92 Å². The van der Waals surface area contributed by atoms with Gasteiger partial charge in [0.15, 0.2) is 5.13 Å². The maximum atomic E-state index is 13.5. The second-order valence-electron chi connectivity index (χ2n) is 7.13. The number of H-pyrrole nitrogens is 1. The van der Waals surface area contributed by atoms with Crippen molar-refractivity contribution in [2.24, 2.45) is 0 Å². The summed E-state index contributed by atoms with van der Waals surface area (Å²) in [6.07, 6.45) is 1.79. The lowest BCUT2D eigenvalue weighted by Crippen LogP contribution is -2.00. The fraction of sp³-hybridized carbons (Fsp3) is 0.0400. The molecule has 0 saturated heterocycles. The number of aromatic amines is 1. The van der Waals surface area contributed by atoms with Crippen LogP contribution in [0, 0.1) is 6.92 Å². The predicted octanol–water partition coefficient (Wildman–Crippen LogP) is 6.57. The molecule has 0 atom stereocenters. The van der Waals surface area contributed by atoms with Gasteiger partial charge in [-0.3, -0.25) is 4.79 Å². The van der Waals surface area contributed by atoms with Gasteiger partial charge in [-0.2, -0.15) is 0 Å². The van der Waals surface area contributed by atoms with Gasteiger partial charge in [0.2, 0.25) is 5.78 Å². The summed E-state index contributed by atoms with van der Waals surface area (Å²) in [5.41, 5.74) is 5.37. The van der Waals surface area contributed by atoms with Gasteiger partial charge in [0.1, 0.15) is 4.88 Å². The van der Waals surface area contributed by atoms with Crippen molar-refractivity contribution in [3.05, 3.63) is 101 Å². The van der Waals surface area contributed by atoms with E-state index in [9.17, 15) is 4.79 Å². The summed E-state index contributed by atoms with van der Waals surface area (Å²) < 4.78 is 0. The van der Waals surface area contributed by atoms with E-state index in [1.54, 1.807) is 6.20 Å². The third kappa shape index (κ3) is 3.40. The van der Waals surface area contributed by atoms with E-state index in [2.05, 4.69) is 17.2 Å². The van der Waals surface area contributed by atoms with E-state index in [1.165, 1.54) is 16.9 Å². The van der Waals surface area contributed by atoms with E-state index in [0.29, 0.717) is 21.3 Å². The number of aryl methyl sites for hydroxylation is 1. The molecule has 2 N–H and O–H groups in total. The van der Waals surface area contributed by atoms with E-state index in [-0.39, 0.29) is 5.78 Å². The van der Waals surface area contributed by atoms with Gasteiger partial charge in [-0.15, -0.1) is 0 Å². The van der Waals surface area contributed by atoms with Crippen molar-refractivity contribution in [3.8, 4) is 11.3 Å². The van der Waals surface area contributed by atoms with Crippen molar-refractivity contribution < 1.29 is 4.79 Å². The molecule has 5 aromatic rings. The fourth-order valence-electron chi connectivity index (χ4n) is 3.46. The number of aromatic nitrogens is 2. The number of nitrogens with one attached hydrogen (secondary N) is 2. The topological polar surface area (TPSA) is 57.8 Å². The highest BCUT2D eigenvalue weighted by Crippen LogP contribution is 2.35. The van der Waals surface area contributed by atoms with Crippen molar-refractivity contribution in [3.63, 3.8) is 0 Å². The van der Waals surface area contributed by atoms with Crippen LogP contribution in [-0.2, 0) is 0 Å². The zero-order chi connectivity index (χ0) is 20.5. The molecule has 3 aromatic carbocycles. The van der Waals surface area contributed by atoms with Crippen molar-refractivity contribution >= 4 is 38.8 Å². The number of rotatable bonds is 5. The summed E-state index contributed by atoms with van der Waals surface area (Å²) in [6.45, 7) is 2.05. The summed E-state index contributed by atoms with van der Waals surface area (Å²) in [7, 11) is 0. The van der Waals surface area contributed by atoms with E-state index in [1.807, 2.05) is 78.9 Å². The monoisotopic (exact) mass is 409 g/mol. The molecule has 146 valence electrons. The van der Waals surface area contributed by atoms with Crippen LogP contribution < -0.4 is 5.32 Å². The average Bonchev–Trinajstić information content (AvgIpc) is 3.40. The summed E-state index contributed by atoms with van der Waals surface area (Å²) >= 11 is 1.38. The third-order valence-electron chi connectivity index (χ3n) is 5.02. The smallest absolute Gasteiger partial charge is 0.207 e. The number of anilines is 2. The third-order valence-corrected chi connectivity index (χ3v) is 5.99. The number of fused-ring (bicyclic) bond motifs is 1. The lowest BCUT2D eigenvalue weighted by molar-refractivity contribution is 0.104. The second kappa shape index (κ2) is 7.61. The first-order valence-corrected chi connectivity index (χ1v) is 10.5.